The van der Waals surface area contributed by atoms with E-state index in [0.29, 0.717) is 6.54 Å². The predicted molar refractivity (Wildman–Crippen MR) is 69.1 cm³/mol. The Balaban J connectivity index is 2.02. The smallest absolute Gasteiger partial charge is 0.0748 e. The third-order valence-electron chi connectivity index (χ3n) is 3.48. The summed E-state index contributed by atoms with van der Waals surface area (Å²) in [5.74, 6) is 0.212. The standard InChI is InChI=1S/C14H22N2O/c1-2-8-15-10-13(17)12-7-3-5-11-6-4-9-16-14(11)12/h4,6,9,12-13,15,17H,2-3,5,7-8,10H2,1H3. The van der Waals surface area contributed by atoms with Crippen molar-refractivity contribution in [1.82, 2.24) is 10.3 Å². The van der Waals surface area contributed by atoms with E-state index in [1.807, 2.05) is 12.3 Å². The van der Waals surface area contributed by atoms with E-state index < -0.39 is 0 Å². The molecule has 0 amide bonds. The average molecular weight is 234 g/mol. The molecule has 2 atom stereocenters. The number of hydrogen-bond donors (Lipinski definition) is 2. The van der Waals surface area contributed by atoms with Crippen LogP contribution in [-0.2, 0) is 6.42 Å². The fraction of sp³-hybridized carbons (Fsp3) is 0.643. The molecule has 2 N–H and O–H groups in total. The number of hydrogen-bond acceptors (Lipinski definition) is 3. The maximum atomic E-state index is 10.2. The van der Waals surface area contributed by atoms with Gasteiger partial charge in [-0.1, -0.05) is 13.0 Å². The summed E-state index contributed by atoms with van der Waals surface area (Å²) < 4.78 is 0. The van der Waals surface area contributed by atoms with Gasteiger partial charge in [-0.25, -0.2) is 0 Å². The molecule has 0 spiro atoms. The number of aryl methyl sites for hydroxylation is 1. The number of pyridine rings is 1. The van der Waals surface area contributed by atoms with E-state index in [-0.39, 0.29) is 12.0 Å². The molecular weight excluding hydrogens is 212 g/mol. The average Bonchev–Trinajstić information content (AvgIpc) is 2.38. The van der Waals surface area contributed by atoms with Gasteiger partial charge >= 0.3 is 0 Å². The summed E-state index contributed by atoms with van der Waals surface area (Å²) in [6.45, 7) is 3.78. The molecule has 0 aliphatic heterocycles. The van der Waals surface area contributed by atoms with Gasteiger partial charge in [-0.3, -0.25) is 4.98 Å². The monoisotopic (exact) mass is 234 g/mol. The Morgan fingerprint density at radius 2 is 2.47 bits per heavy atom. The molecule has 2 unspecified atom stereocenters. The Hall–Kier alpha value is -0.930. The molecule has 3 heteroatoms. The lowest BCUT2D eigenvalue weighted by Crippen LogP contribution is -2.34. The van der Waals surface area contributed by atoms with Crippen molar-refractivity contribution in [2.45, 2.75) is 44.6 Å². The molecule has 1 heterocycles. The van der Waals surface area contributed by atoms with Crippen LogP contribution in [0.1, 0.15) is 43.4 Å². The summed E-state index contributed by atoms with van der Waals surface area (Å²) in [4.78, 5) is 4.46. The molecule has 0 radical (unpaired) electrons. The fourth-order valence-electron chi connectivity index (χ4n) is 2.59. The number of aromatic nitrogens is 1. The van der Waals surface area contributed by atoms with E-state index in [0.717, 1.165) is 37.9 Å². The van der Waals surface area contributed by atoms with Crippen LogP contribution in [0.3, 0.4) is 0 Å². The van der Waals surface area contributed by atoms with Crippen LogP contribution < -0.4 is 5.32 Å². The van der Waals surface area contributed by atoms with Crippen LogP contribution in [0, 0.1) is 0 Å². The molecule has 1 aromatic rings. The zero-order valence-electron chi connectivity index (χ0n) is 10.5. The summed E-state index contributed by atoms with van der Waals surface area (Å²) >= 11 is 0. The molecule has 17 heavy (non-hydrogen) atoms. The highest BCUT2D eigenvalue weighted by atomic mass is 16.3. The van der Waals surface area contributed by atoms with Crippen molar-refractivity contribution in [3.8, 4) is 0 Å². The molecule has 0 saturated carbocycles. The number of nitrogens with zero attached hydrogens (tertiary/aromatic N) is 1. The van der Waals surface area contributed by atoms with Crippen molar-refractivity contribution >= 4 is 0 Å². The van der Waals surface area contributed by atoms with E-state index in [1.54, 1.807) is 0 Å². The molecule has 2 rings (SSSR count). The largest absolute Gasteiger partial charge is 0.391 e. The zero-order valence-corrected chi connectivity index (χ0v) is 10.5. The zero-order chi connectivity index (χ0) is 12.1. The second-order valence-corrected chi connectivity index (χ2v) is 4.82. The van der Waals surface area contributed by atoms with Crippen molar-refractivity contribution in [1.29, 1.82) is 0 Å². The number of nitrogens with one attached hydrogen (secondary N) is 1. The van der Waals surface area contributed by atoms with E-state index in [1.165, 1.54) is 5.56 Å². The summed E-state index contributed by atoms with van der Waals surface area (Å²) in [5.41, 5.74) is 2.43. The van der Waals surface area contributed by atoms with Crippen molar-refractivity contribution < 1.29 is 5.11 Å². The van der Waals surface area contributed by atoms with Crippen LogP contribution in [0.5, 0.6) is 0 Å². The SMILES string of the molecule is CCCNCC(O)C1CCCc2cccnc21. The molecule has 1 aromatic heterocycles. The van der Waals surface area contributed by atoms with Gasteiger partial charge in [0.25, 0.3) is 0 Å². The predicted octanol–water partition coefficient (Wildman–Crippen LogP) is 1.86. The maximum Gasteiger partial charge on any atom is 0.0748 e. The molecule has 0 aromatic carbocycles. The summed E-state index contributed by atoms with van der Waals surface area (Å²) in [7, 11) is 0. The van der Waals surface area contributed by atoms with Gasteiger partial charge < -0.3 is 10.4 Å². The van der Waals surface area contributed by atoms with Gasteiger partial charge in [0.05, 0.1) is 6.10 Å². The fourth-order valence-corrected chi connectivity index (χ4v) is 2.59. The van der Waals surface area contributed by atoms with E-state index in [4.69, 9.17) is 0 Å². The Morgan fingerprint density at radius 1 is 1.59 bits per heavy atom. The van der Waals surface area contributed by atoms with Crippen molar-refractivity contribution in [2.24, 2.45) is 0 Å². The van der Waals surface area contributed by atoms with Gasteiger partial charge in [-0.2, -0.15) is 0 Å². The van der Waals surface area contributed by atoms with Gasteiger partial charge in [0.2, 0.25) is 0 Å². The first kappa shape index (κ1) is 12.5. The first-order valence-corrected chi connectivity index (χ1v) is 6.65. The van der Waals surface area contributed by atoms with Crippen molar-refractivity contribution in [3.63, 3.8) is 0 Å². The first-order chi connectivity index (χ1) is 8.33. The summed E-state index contributed by atoms with van der Waals surface area (Å²) in [6.07, 6.45) is 5.95. The number of aliphatic hydroxyl groups is 1. The quantitative estimate of drug-likeness (QED) is 0.764. The molecule has 3 nitrogen and oxygen atoms in total. The highest BCUT2D eigenvalue weighted by Crippen LogP contribution is 2.32. The minimum atomic E-state index is -0.310. The molecule has 1 aliphatic rings. The molecule has 0 bridgehead atoms. The highest BCUT2D eigenvalue weighted by Gasteiger charge is 2.27. The van der Waals surface area contributed by atoms with Gasteiger partial charge in [-0.05, 0) is 43.9 Å². The third-order valence-corrected chi connectivity index (χ3v) is 3.48. The summed E-state index contributed by atoms with van der Waals surface area (Å²) in [5, 5.41) is 13.5. The number of fused-ring (bicyclic) bond motifs is 1. The molecule has 94 valence electrons. The van der Waals surface area contributed by atoms with Gasteiger partial charge in [0, 0.05) is 24.4 Å². The second kappa shape index (κ2) is 6.12. The first-order valence-electron chi connectivity index (χ1n) is 6.65. The van der Waals surface area contributed by atoms with Crippen molar-refractivity contribution in [3.05, 3.63) is 29.6 Å². The molecule has 0 saturated heterocycles. The Kier molecular flexibility index (Phi) is 4.51. The molecule has 0 fully saturated rings. The second-order valence-electron chi connectivity index (χ2n) is 4.82. The molecular formula is C14H22N2O. The van der Waals surface area contributed by atoms with Crippen LogP contribution in [0.4, 0.5) is 0 Å². The summed E-state index contributed by atoms with van der Waals surface area (Å²) in [6, 6.07) is 4.13. The van der Waals surface area contributed by atoms with Crippen LogP contribution >= 0.6 is 0 Å². The number of rotatable bonds is 5. The topological polar surface area (TPSA) is 45.1 Å². The van der Waals surface area contributed by atoms with Crippen LogP contribution in [0.2, 0.25) is 0 Å². The lowest BCUT2D eigenvalue weighted by molar-refractivity contribution is 0.130. The Morgan fingerprint density at radius 3 is 3.29 bits per heavy atom. The van der Waals surface area contributed by atoms with E-state index in [2.05, 4.69) is 23.3 Å². The van der Waals surface area contributed by atoms with Crippen LogP contribution in [-0.4, -0.2) is 29.3 Å². The Bertz CT molecular complexity index is 354. The van der Waals surface area contributed by atoms with Crippen LogP contribution in [0.15, 0.2) is 18.3 Å². The van der Waals surface area contributed by atoms with Crippen LogP contribution in [0.25, 0.3) is 0 Å². The number of aliphatic hydroxyl groups excluding tert-OH is 1. The third kappa shape index (κ3) is 3.05. The van der Waals surface area contributed by atoms with E-state index in [9.17, 15) is 5.11 Å². The normalized spacial score (nSPS) is 20.9. The van der Waals surface area contributed by atoms with E-state index >= 15 is 0 Å². The van der Waals surface area contributed by atoms with Gasteiger partial charge in [-0.15, -0.1) is 0 Å². The minimum absolute atomic E-state index is 0.212. The Labute approximate surface area is 103 Å². The lowest BCUT2D eigenvalue weighted by atomic mass is 9.83. The van der Waals surface area contributed by atoms with Gasteiger partial charge in [0.1, 0.15) is 0 Å². The lowest BCUT2D eigenvalue weighted by Gasteiger charge is -2.28. The highest BCUT2D eigenvalue weighted by molar-refractivity contribution is 5.26. The van der Waals surface area contributed by atoms with Crippen molar-refractivity contribution in [2.75, 3.05) is 13.1 Å². The minimum Gasteiger partial charge on any atom is -0.391 e. The maximum absolute atomic E-state index is 10.2. The molecule has 1 aliphatic carbocycles. The van der Waals surface area contributed by atoms with Gasteiger partial charge in [0.15, 0.2) is 0 Å².